The van der Waals surface area contributed by atoms with Crippen LogP contribution in [0, 0.1) is 0 Å². The van der Waals surface area contributed by atoms with Gasteiger partial charge in [-0.15, -0.1) is 0 Å². The van der Waals surface area contributed by atoms with Gasteiger partial charge in [-0.25, -0.2) is 0 Å². The Kier molecular flexibility index (Phi) is 4.24. The number of hydrogen-bond acceptors (Lipinski definition) is 5. The van der Waals surface area contributed by atoms with Crippen LogP contribution in [0.15, 0.2) is 54.4 Å². The molecule has 8 heteroatoms. The van der Waals surface area contributed by atoms with Gasteiger partial charge in [-0.1, -0.05) is 24.2 Å². The van der Waals surface area contributed by atoms with E-state index < -0.39 is 0 Å². The number of amides is 1. The Balaban J connectivity index is 1.57. The average molecular weight is 408 g/mol. The van der Waals surface area contributed by atoms with Crippen LogP contribution in [0.5, 0.6) is 11.6 Å². The molecule has 0 spiro atoms. The molecule has 1 saturated carbocycles. The second-order valence-electron chi connectivity index (χ2n) is 7.17. The Bertz CT molecular complexity index is 1180. The maximum Gasteiger partial charge on any atom is 0.228 e. The number of aromatic nitrogens is 3. The van der Waals surface area contributed by atoms with E-state index in [0.717, 1.165) is 29.8 Å². The molecule has 146 valence electrons. The molecule has 5 rings (SSSR count). The van der Waals surface area contributed by atoms with Crippen LogP contribution in [0.3, 0.4) is 0 Å². The van der Waals surface area contributed by atoms with E-state index in [1.807, 2.05) is 24.3 Å². The van der Waals surface area contributed by atoms with Gasteiger partial charge in [0, 0.05) is 28.4 Å². The standard InChI is InChI=1S/C21H18ClN5O2/c1-12-13(8-19(28)24-12)7-14-11-23-27-18(25-16-5-6-16)10-20(26-21(14)27)29-17-4-2-3-15(22)9-17/h2-4,7,9-11,16,25H,1,5-6,8H2,(H,24,28)/b13-7+. The van der Waals surface area contributed by atoms with E-state index >= 15 is 0 Å². The van der Waals surface area contributed by atoms with Gasteiger partial charge in [0.25, 0.3) is 0 Å². The lowest BCUT2D eigenvalue weighted by molar-refractivity contribution is -0.118. The van der Waals surface area contributed by atoms with Crippen molar-refractivity contribution in [1.82, 2.24) is 19.9 Å². The van der Waals surface area contributed by atoms with E-state index in [-0.39, 0.29) is 5.91 Å². The molecule has 3 heterocycles. The molecule has 1 saturated heterocycles. The molecular formula is C21H18ClN5O2. The summed E-state index contributed by atoms with van der Waals surface area (Å²) in [4.78, 5) is 16.3. The quantitative estimate of drug-likeness (QED) is 0.663. The normalized spacial score (nSPS) is 17.8. The van der Waals surface area contributed by atoms with Gasteiger partial charge in [0.05, 0.1) is 12.6 Å². The second kappa shape index (κ2) is 6.93. The third-order valence-corrected chi connectivity index (χ3v) is 5.02. The molecule has 0 bridgehead atoms. The molecule has 2 N–H and O–H groups in total. The van der Waals surface area contributed by atoms with E-state index in [0.29, 0.717) is 40.5 Å². The summed E-state index contributed by atoms with van der Waals surface area (Å²) in [6.45, 7) is 3.90. The van der Waals surface area contributed by atoms with Crippen LogP contribution in [-0.4, -0.2) is 26.5 Å². The van der Waals surface area contributed by atoms with Gasteiger partial charge in [0.15, 0.2) is 5.65 Å². The first-order chi connectivity index (χ1) is 14.0. The molecule has 0 unspecified atom stereocenters. The predicted molar refractivity (Wildman–Crippen MR) is 111 cm³/mol. The number of carbonyl (C=O) groups is 1. The highest BCUT2D eigenvalue weighted by atomic mass is 35.5. The highest BCUT2D eigenvalue weighted by Gasteiger charge is 2.24. The summed E-state index contributed by atoms with van der Waals surface area (Å²) < 4.78 is 7.71. The van der Waals surface area contributed by atoms with E-state index in [4.69, 9.17) is 16.3 Å². The van der Waals surface area contributed by atoms with Crippen LogP contribution >= 0.6 is 11.6 Å². The minimum atomic E-state index is -0.0632. The molecule has 1 aliphatic carbocycles. The van der Waals surface area contributed by atoms with E-state index in [1.165, 1.54) is 0 Å². The highest BCUT2D eigenvalue weighted by molar-refractivity contribution is 6.30. The molecule has 2 aromatic heterocycles. The average Bonchev–Trinajstić information content (AvgIpc) is 3.31. The molecule has 0 radical (unpaired) electrons. The van der Waals surface area contributed by atoms with Crippen LogP contribution < -0.4 is 15.4 Å². The van der Waals surface area contributed by atoms with E-state index in [1.54, 1.807) is 22.8 Å². The Morgan fingerprint density at radius 3 is 2.93 bits per heavy atom. The van der Waals surface area contributed by atoms with Gasteiger partial charge in [-0.05, 0) is 42.7 Å². The molecule has 2 aliphatic rings. The smallest absolute Gasteiger partial charge is 0.228 e. The van der Waals surface area contributed by atoms with Crippen LogP contribution in [0.4, 0.5) is 5.82 Å². The fourth-order valence-corrected chi connectivity index (χ4v) is 3.38. The maximum absolute atomic E-state index is 11.6. The molecule has 29 heavy (non-hydrogen) atoms. The summed E-state index contributed by atoms with van der Waals surface area (Å²) in [5, 5.41) is 11.3. The zero-order chi connectivity index (χ0) is 20.0. The summed E-state index contributed by atoms with van der Waals surface area (Å²) in [5.41, 5.74) is 2.85. The minimum Gasteiger partial charge on any atom is -0.439 e. The van der Waals surface area contributed by atoms with Gasteiger partial charge in [0.2, 0.25) is 11.8 Å². The second-order valence-corrected chi connectivity index (χ2v) is 7.60. The summed E-state index contributed by atoms with van der Waals surface area (Å²) >= 11 is 6.07. The largest absolute Gasteiger partial charge is 0.439 e. The lowest BCUT2D eigenvalue weighted by atomic mass is 10.1. The molecule has 1 aliphatic heterocycles. The van der Waals surface area contributed by atoms with Crippen LogP contribution in [-0.2, 0) is 4.79 Å². The molecule has 0 atom stereocenters. The third kappa shape index (κ3) is 3.69. The number of fused-ring (bicyclic) bond motifs is 1. The summed E-state index contributed by atoms with van der Waals surface area (Å²) in [6.07, 6.45) is 6.16. The fourth-order valence-electron chi connectivity index (χ4n) is 3.20. The Morgan fingerprint density at radius 2 is 2.21 bits per heavy atom. The van der Waals surface area contributed by atoms with Gasteiger partial charge in [0.1, 0.15) is 11.6 Å². The van der Waals surface area contributed by atoms with Gasteiger partial charge < -0.3 is 15.4 Å². The Morgan fingerprint density at radius 1 is 1.34 bits per heavy atom. The van der Waals surface area contributed by atoms with Crippen molar-refractivity contribution in [2.45, 2.75) is 25.3 Å². The Hall–Kier alpha value is -3.32. The number of ether oxygens (including phenoxy) is 1. The monoisotopic (exact) mass is 407 g/mol. The summed E-state index contributed by atoms with van der Waals surface area (Å²) in [5.74, 6) is 1.78. The number of nitrogens with one attached hydrogen (secondary N) is 2. The molecule has 3 aromatic rings. The van der Waals surface area contributed by atoms with Crippen molar-refractivity contribution >= 4 is 35.0 Å². The molecule has 2 fully saturated rings. The highest BCUT2D eigenvalue weighted by Crippen LogP contribution is 2.31. The van der Waals surface area contributed by atoms with E-state index in [9.17, 15) is 4.79 Å². The SMILES string of the molecule is C=C1NC(=O)C/C1=C\c1cnn2c(NC3CC3)cc(Oc3cccc(Cl)c3)nc12. The number of carbonyl (C=O) groups excluding carboxylic acids is 1. The zero-order valence-corrected chi connectivity index (χ0v) is 16.2. The van der Waals surface area contributed by atoms with Crippen molar-refractivity contribution < 1.29 is 9.53 Å². The topological polar surface area (TPSA) is 80.6 Å². The predicted octanol–water partition coefficient (Wildman–Crippen LogP) is 4.17. The number of benzene rings is 1. The lowest BCUT2D eigenvalue weighted by Gasteiger charge is -2.11. The van der Waals surface area contributed by atoms with Crippen molar-refractivity contribution in [3.63, 3.8) is 0 Å². The van der Waals surface area contributed by atoms with Crippen molar-refractivity contribution in [3.8, 4) is 11.6 Å². The van der Waals surface area contributed by atoms with Crippen molar-refractivity contribution in [1.29, 1.82) is 0 Å². The number of hydrogen-bond donors (Lipinski definition) is 2. The number of nitrogens with zero attached hydrogens (tertiary/aromatic N) is 3. The van der Waals surface area contributed by atoms with Gasteiger partial charge in [-0.2, -0.15) is 14.6 Å². The first-order valence-corrected chi connectivity index (χ1v) is 9.71. The number of allylic oxidation sites excluding steroid dienone is 1. The fraction of sp³-hybridized carbons (Fsp3) is 0.190. The molecule has 1 aromatic carbocycles. The van der Waals surface area contributed by atoms with Gasteiger partial charge in [-0.3, -0.25) is 4.79 Å². The maximum atomic E-state index is 11.6. The van der Waals surface area contributed by atoms with Crippen LogP contribution in [0.2, 0.25) is 5.02 Å². The molecule has 7 nitrogen and oxygen atoms in total. The summed E-state index contributed by atoms with van der Waals surface area (Å²) in [6, 6.07) is 9.43. The molecule has 1 amide bonds. The number of anilines is 1. The van der Waals surface area contributed by atoms with Crippen molar-refractivity contribution in [2.24, 2.45) is 0 Å². The first-order valence-electron chi connectivity index (χ1n) is 9.33. The Labute approximate surface area is 172 Å². The van der Waals surface area contributed by atoms with Crippen molar-refractivity contribution in [3.05, 3.63) is 65.0 Å². The van der Waals surface area contributed by atoms with Crippen LogP contribution in [0.1, 0.15) is 24.8 Å². The van der Waals surface area contributed by atoms with Gasteiger partial charge >= 0.3 is 0 Å². The lowest BCUT2D eigenvalue weighted by Crippen LogP contribution is -2.10. The third-order valence-electron chi connectivity index (χ3n) is 4.78. The number of halogens is 1. The van der Waals surface area contributed by atoms with E-state index in [2.05, 4.69) is 27.3 Å². The minimum absolute atomic E-state index is 0.0632. The zero-order valence-electron chi connectivity index (χ0n) is 15.5. The summed E-state index contributed by atoms with van der Waals surface area (Å²) in [7, 11) is 0. The number of rotatable bonds is 5. The van der Waals surface area contributed by atoms with Crippen LogP contribution in [0.25, 0.3) is 11.7 Å². The van der Waals surface area contributed by atoms with Crippen molar-refractivity contribution in [2.75, 3.05) is 5.32 Å². The molecular weight excluding hydrogens is 390 g/mol. The first kappa shape index (κ1) is 17.8.